The summed E-state index contributed by atoms with van der Waals surface area (Å²) in [5.41, 5.74) is 6.94. The number of nitrogens with two attached hydrogens (primary N) is 1. The molecule has 0 fully saturated rings. The molecule has 0 saturated heterocycles. The van der Waals surface area contributed by atoms with Crippen LogP contribution in [0.3, 0.4) is 0 Å². The first-order valence-electron chi connectivity index (χ1n) is 5.90. The SMILES string of the molecule is CN(CCc1cc(Br)cs1)C(=O)c1cccc(N)c1. The highest BCUT2D eigenvalue weighted by atomic mass is 79.9. The zero-order chi connectivity index (χ0) is 13.8. The number of halogens is 1. The molecule has 0 aliphatic heterocycles. The molecular formula is C14H15BrN2OS. The number of carbonyl (C=O) groups excluding carboxylic acids is 1. The van der Waals surface area contributed by atoms with Crippen molar-refractivity contribution in [1.29, 1.82) is 0 Å². The number of carbonyl (C=O) groups is 1. The Hall–Kier alpha value is -1.33. The molecule has 0 aliphatic carbocycles. The third-order valence-electron chi connectivity index (χ3n) is 2.80. The quantitative estimate of drug-likeness (QED) is 0.868. The van der Waals surface area contributed by atoms with Crippen molar-refractivity contribution in [3.05, 3.63) is 50.6 Å². The second-order valence-electron chi connectivity index (χ2n) is 4.33. The van der Waals surface area contributed by atoms with Crippen molar-refractivity contribution in [3.63, 3.8) is 0 Å². The molecule has 0 radical (unpaired) electrons. The van der Waals surface area contributed by atoms with Crippen LogP contribution in [0.5, 0.6) is 0 Å². The van der Waals surface area contributed by atoms with Crippen molar-refractivity contribution in [2.75, 3.05) is 19.3 Å². The van der Waals surface area contributed by atoms with Gasteiger partial charge in [-0.25, -0.2) is 0 Å². The lowest BCUT2D eigenvalue weighted by atomic mass is 10.2. The zero-order valence-electron chi connectivity index (χ0n) is 10.6. The monoisotopic (exact) mass is 338 g/mol. The summed E-state index contributed by atoms with van der Waals surface area (Å²) in [4.78, 5) is 15.2. The molecule has 1 heterocycles. The van der Waals surface area contributed by atoms with Crippen molar-refractivity contribution in [2.45, 2.75) is 6.42 Å². The highest BCUT2D eigenvalue weighted by Gasteiger charge is 2.11. The third-order valence-corrected chi connectivity index (χ3v) is 4.55. The first-order chi connectivity index (χ1) is 9.06. The molecule has 100 valence electrons. The number of thiophene rings is 1. The van der Waals surface area contributed by atoms with E-state index in [0.717, 1.165) is 10.9 Å². The number of rotatable bonds is 4. The summed E-state index contributed by atoms with van der Waals surface area (Å²) in [6.07, 6.45) is 0.862. The molecule has 1 amide bonds. The topological polar surface area (TPSA) is 46.3 Å². The fourth-order valence-corrected chi connectivity index (χ4v) is 3.20. The predicted molar refractivity (Wildman–Crippen MR) is 83.5 cm³/mol. The molecule has 2 aromatic rings. The van der Waals surface area contributed by atoms with E-state index in [9.17, 15) is 4.79 Å². The van der Waals surface area contributed by atoms with E-state index in [4.69, 9.17) is 5.73 Å². The van der Waals surface area contributed by atoms with Gasteiger partial charge in [0.2, 0.25) is 0 Å². The first-order valence-corrected chi connectivity index (χ1v) is 7.57. The largest absolute Gasteiger partial charge is 0.399 e. The molecule has 0 unspecified atom stereocenters. The van der Waals surface area contributed by atoms with E-state index in [1.165, 1.54) is 4.88 Å². The minimum absolute atomic E-state index is 0.00271. The van der Waals surface area contributed by atoms with Crippen LogP contribution in [0.2, 0.25) is 0 Å². The Balaban J connectivity index is 1.96. The van der Waals surface area contributed by atoms with E-state index < -0.39 is 0 Å². The van der Waals surface area contributed by atoms with Crippen LogP contribution in [0, 0.1) is 0 Å². The Morgan fingerprint density at radius 3 is 2.84 bits per heavy atom. The Kier molecular flexibility index (Phi) is 4.61. The minimum Gasteiger partial charge on any atom is -0.399 e. The van der Waals surface area contributed by atoms with Crippen LogP contribution < -0.4 is 5.73 Å². The summed E-state index contributed by atoms with van der Waals surface area (Å²) in [6.45, 7) is 0.695. The third kappa shape index (κ3) is 3.81. The molecule has 0 spiro atoms. The lowest BCUT2D eigenvalue weighted by molar-refractivity contribution is 0.0797. The van der Waals surface area contributed by atoms with Crippen molar-refractivity contribution >= 4 is 38.9 Å². The van der Waals surface area contributed by atoms with Gasteiger partial charge in [-0.3, -0.25) is 4.79 Å². The van der Waals surface area contributed by atoms with E-state index in [-0.39, 0.29) is 5.91 Å². The van der Waals surface area contributed by atoms with Gasteiger partial charge in [0.15, 0.2) is 0 Å². The first kappa shape index (κ1) is 14.1. The highest BCUT2D eigenvalue weighted by molar-refractivity contribution is 9.10. The fourth-order valence-electron chi connectivity index (χ4n) is 1.76. The standard InChI is InChI=1S/C14H15BrN2OS/c1-17(6-5-13-8-11(15)9-19-13)14(18)10-3-2-4-12(16)7-10/h2-4,7-9H,5-6,16H2,1H3. The summed E-state index contributed by atoms with van der Waals surface area (Å²) in [6, 6.07) is 9.16. The molecule has 3 nitrogen and oxygen atoms in total. The molecule has 0 saturated carbocycles. The normalized spacial score (nSPS) is 10.4. The van der Waals surface area contributed by atoms with Crippen LogP contribution in [0.15, 0.2) is 40.2 Å². The Morgan fingerprint density at radius 2 is 2.21 bits per heavy atom. The second kappa shape index (κ2) is 6.21. The molecule has 0 aliphatic rings. The number of nitrogens with zero attached hydrogens (tertiary/aromatic N) is 1. The molecule has 2 N–H and O–H groups in total. The smallest absolute Gasteiger partial charge is 0.253 e. The van der Waals surface area contributed by atoms with Crippen LogP contribution in [-0.2, 0) is 6.42 Å². The molecule has 1 aromatic carbocycles. The van der Waals surface area contributed by atoms with E-state index in [2.05, 4.69) is 27.4 Å². The van der Waals surface area contributed by atoms with E-state index in [1.54, 1.807) is 40.5 Å². The number of hydrogen-bond donors (Lipinski definition) is 1. The van der Waals surface area contributed by atoms with Gasteiger partial charge in [-0.2, -0.15) is 0 Å². The maximum Gasteiger partial charge on any atom is 0.253 e. The van der Waals surface area contributed by atoms with Crippen molar-refractivity contribution in [3.8, 4) is 0 Å². The lowest BCUT2D eigenvalue weighted by Gasteiger charge is -2.16. The molecule has 2 rings (SSSR count). The van der Waals surface area contributed by atoms with Crippen molar-refractivity contribution in [2.24, 2.45) is 0 Å². The Bertz CT molecular complexity index is 582. The molecule has 5 heteroatoms. The molecule has 0 atom stereocenters. The summed E-state index contributed by atoms with van der Waals surface area (Å²) in [5.74, 6) is 0.00271. The number of likely N-dealkylation sites (N-methyl/N-ethyl adjacent to an activating group) is 1. The maximum absolute atomic E-state index is 12.2. The highest BCUT2D eigenvalue weighted by Crippen LogP contribution is 2.20. The second-order valence-corrected chi connectivity index (χ2v) is 6.24. The van der Waals surface area contributed by atoms with Gasteiger partial charge >= 0.3 is 0 Å². The zero-order valence-corrected chi connectivity index (χ0v) is 13.0. The number of amides is 1. The number of nitrogen functional groups attached to an aromatic ring is 1. The maximum atomic E-state index is 12.2. The summed E-state index contributed by atoms with van der Waals surface area (Å²) in [7, 11) is 1.81. The molecule has 0 bridgehead atoms. The summed E-state index contributed by atoms with van der Waals surface area (Å²) in [5, 5.41) is 2.05. The van der Waals surface area contributed by atoms with Gasteiger partial charge in [0, 0.05) is 39.6 Å². The van der Waals surface area contributed by atoms with Gasteiger partial charge < -0.3 is 10.6 Å². The van der Waals surface area contributed by atoms with Crippen LogP contribution in [0.1, 0.15) is 15.2 Å². The van der Waals surface area contributed by atoms with Gasteiger partial charge in [-0.1, -0.05) is 6.07 Å². The van der Waals surface area contributed by atoms with Gasteiger partial charge in [-0.15, -0.1) is 11.3 Å². The molecular weight excluding hydrogens is 324 g/mol. The van der Waals surface area contributed by atoms with Crippen LogP contribution in [0.25, 0.3) is 0 Å². The van der Waals surface area contributed by atoms with Crippen LogP contribution in [-0.4, -0.2) is 24.4 Å². The number of benzene rings is 1. The lowest BCUT2D eigenvalue weighted by Crippen LogP contribution is -2.28. The Morgan fingerprint density at radius 1 is 1.42 bits per heavy atom. The molecule has 19 heavy (non-hydrogen) atoms. The van der Waals surface area contributed by atoms with Crippen LogP contribution >= 0.6 is 27.3 Å². The predicted octanol–water partition coefficient (Wildman–Crippen LogP) is 3.41. The average Bonchev–Trinajstić information content (AvgIpc) is 2.81. The van der Waals surface area contributed by atoms with E-state index >= 15 is 0 Å². The minimum atomic E-state index is 0.00271. The van der Waals surface area contributed by atoms with Gasteiger partial charge in [0.1, 0.15) is 0 Å². The van der Waals surface area contributed by atoms with Crippen LogP contribution in [0.4, 0.5) is 5.69 Å². The van der Waals surface area contributed by atoms with E-state index in [1.807, 2.05) is 7.05 Å². The number of hydrogen-bond acceptors (Lipinski definition) is 3. The van der Waals surface area contributed by atoms with Gasteiger partial charge in [-0.05, 0) is 46.6 Å². The molecule has 1 aromatic heterocycles. The fraction of sp³-hybridized carbons (Fsp3) is 0.214. The Labute approximate surface area is 125 Å². The van der Waals surface area contributed by atoms with Crippen molar-refractivity contribution < 1.29 is 4.79 Å². The van der Waals surface area contributed by atoms with E-state index in [0.29, 0.717) is 17.8 Å². The summed E-state index contributed by atoms with van der Waals surface area (Å²) >= 11 is 5.13. The summed E-state index contributed by atoms with van der Waals surface area (Å²) < 4.78 is 1.09. The van der Waals surface area contributed by atoms with Gasteiger partial charge in [0.25, 0.3) is 5.91 Å². The average molecular weight is 339 g/mol. The van der Waals surface area contributed by atoms with Gasteiger partial charge in [0.05, 0.1) is 0 Å². The number of anilines is 1. The van der Waals surface area contributed by atoms with Crippen molar-refractivity contribution in [1.82, 2.24) is 4.90 Å².